The minimum atomic E-state index is -1.50. The number of nitrogens with one attached hydrogen (secondary N) is 2. The topological polar surface area (TPSA) is 117 Å². The summed E-state index contributed by atoms with van der Waals surface area (Å²) in [6.45, 7) is 0.114. The fourth-order valence-corrected chi connectivity index (χ4v) is 6.51. The number of carbonyl (C=O) groups excluding carboxylic acids is 3. The van der Waals surface area contributed by atoms with Crippen LogP contribution < -0.4 is 20.1 Å². The number of methoxy groups -OCH3 is 2. The summed E-state index contributed by atoms with van der Waals surface area (Å²) in [7, 11) is 3.09. The van der Waals surface area contributed by atoms with Gasteiger partial charge in [0.25, 0.3) is 0 Å². The molecule has 6 rings (SSSR count). The maximum Gasteiger partial charge on any atom is 0.250 e. The van der Waals surface area contributed by atoms with Crippen LogP contribution in [0.1, 0.15) is 22.8 Å². The van der Waals surface area contributed by atoms with E-state index in [1.165, 1.54) is 4.90 Å². The first kappa shape index (κ1) is 26.3. The maximum atomic E-state index is 14.0. The highest BCUT2D eigenvalue weighted by atomic mass is 35.5. The van der Waals surface area contributed by atoms with E-state index in [2.05, 4.69) is 10.6 Å². The van der Waals surface area contributed by atoms with Crippen LogP contribution in [0.3, 0.4) is 0 Å². The first-order valence-electron chi connectivity index (χ1n) is 13.0. The van der Waals surface area contributed by atoms with Crippen molar-refractivity contribution in [2.45, 2.75) is 24.1 Å². The Bertz CT molecular complexity index is 1510. The smallest absolute Gasteiger partial charge is 0.250 e. The average molecular weight is 562 g/mol. The van der Waals surface area contributed by atoms with Crippen LogP contribution in [0.5, 0.6) is 11.5 Å². The lowest BCUT2D eigenvalue weighted by Gasteiger charge is -2.30. The van der Waals surface area contributed by atoms with Crippen molar-refractivity contribution in [2.24, 2.45) is 11.8 Å². The summed E-state index contributed by atoms with van der Waals surface area (Å²) in [6, 6.07) is 18.3. The number of hydrogen-bond acceptors (Lipinski definition) is 7. The molecule has 0 aliphatic carbocycles. The van der Waals surface area contributed by atoms with Gasteiger partial charge in [-0.2, -0.15) is 0 Å². The molecule has 3 N–H and O–H groups in total. The molecule has 3 aromatic carbocycles. The molecule has 10 heteroatoms. The molecule has 3 aliphatic heterocycles. The van der Waals surface area contributed by atoms with Gasteiger partial charge in [-0.05, 0) is 47.9 Å². The van der Waals surface area contributed by atoms with Crippen LogP contribution in [0, 0.1) is 11.8 Å². The summed E-state index contributed by atoms with van der Waals surface area (Å²) in [5.41, 5.74) is 1.04. The molecule has 1 spiro atoms. The SMILES string of the molecule is COc1ccc(CCN2C(=O)[C@@H]3[C@@H]([C@H](O)c4ccc(Cl)cc4)N[C@@]4(C(=O)Nc5ccccc54)[C@@H]3C2=O)cc1OC. The van der Waals surface area contributed by atoms with Crippen molar-refractivity contribution in [3.05, 3.63) is 88.4 Å². The number of likely N-dealkylation sites (tertiary alicyclic amines) is 1. The molecule has 0 saturated carbocycles. The van der Waals surface area contributed by atoms with Crippen LogP contribution in [0.4, 0.5) is 5.69 Å². The quantitative estimate of drug-likeness (QED) is 0.380. The summed E-state index contributed by atoms with van der Waals surface area (Å²) in [5, 5.41) is 18.1. The zero-order chi connectivity index (χ0) is 28.2. The second-order valence-electron chi connectivity index (χ2n) is 10.2. The third-order valence-electron chi connectivity index (χ3n) is 8.27. The van der Waals surface area contributed by atoms with Crippen LogP contribution in [0.2, 0.25) is 5.02 Å². The highest BCUT2D eigenvalue weighted by molar-refractivity contribution is 6.30. The van der Waals surface area contributed by atoms with Gasteiger partial charge >= 0.3 is 0 Å². The molecule has 3 heterocycles. The first-order chi connectivity index (χ1) is 19.3. The van der Waals surface area contributed by atoms with Gasteiger partial charge < -0.3 is 19.9 Å². The summed E-state index contributed by atoms with van der Waals surface area (Å²) < 4.78 is 10.7. The van der Waals surface area contributed by atoms with E-state index in [1.54, 1.807) is 68.8 Å². The van der Waals surface area contributed by atoms with Gasteiger partial charge in [0.1, 0.15) is 5.54 Å². The summed E-state index contributed by atoms with van der Waals surface area (Å²) >= 11 is 6.05. The molecule has 2 saturated heterocycles. The van der Waals surface area contributed by atoms with Gasteiger partial charge in [0.15, 0.2) is 11.5 Å². The van der Waals surface area contributed by atoms with E-state index >= 15 is 0 Å². The molecule has 206 valence electrons. The highest BCUT2D eigenvalue weighted by Gasteiger charge is 2.71. The van der Waals surface area contributed by atoms with Crippen LogP contribution in [-0.2, 0) is 26.3 Å². The minimum Gasteiger partial charge on any atom is -0.493 e. The number of para-hydroxylation sites is 1. The Morgan fingerprint density at radius 3 is 2.42 bits per heavy atom. The van der Waals surface area contributed by atoms with Gasteiger partial charge in [-0.15, -0.1) is 0 Å². The fraction of sp³-hybridized carbons (Fsp3) is 0.300. The number of ether oxygens (including phenoxy) is 2. The lowest BCUT2D eigenvalue weighted by atomic mass is 9.76. The Morgan fingerprint density at radius 2 is 1.70 bits per heavy atom. The van der Waals surface area contributed by atoms with E-state index in [0.717, 1.165) is 5.56 Å². The van der Waals surface area contributed by atoms with Crippen LogP contribution >= 0.6 is 11.6 Å². The largest absolute Gasteiger partial charge is 0.493 e. The summed E-state index contributed by atoms with van der Waals surface area (Å²) in [4.78, 5) is 42.9. The van der Waals surface area contributed by atoms with E-state index < -0.39 is 47.2 Å². The first-order valence-corrected chi connectivity index (χ1v) is 13.4. The number of carbonyl (C=O) groups is 3. The van der Waals surface area contributed by atoms with Gasteiger partial charge in [-0.25, -0.2) is 0 Å². The zero-order valence-corrected chi connectivity index (χ0v) is 22.6. The van der Waals surface area contributed by atoms with Crippen molar-refractivity contribution in [3.8, 4) is 11.5 Å². The Balaban J connectivity index is 1.37. The highest BCUT2D eigenvalue weighted by Crippen LogP contribution is 2.54. The number of halogens is 1. The molecule has 40 heavy (non-hydrogen) atoms. The van der Waals surface area contributed by atoms with Gasteiger partial charge in [0.2, 0.25) is 17.7 Å². The van der Waals surface area contributed by atoms with E-state index in [9.17, 15) is 19.5 Å². The summed E-state index contributed by atoms with van der Waals surface area (Å²) in [6.07, 6.45) is -0.794. The predicted octanol–water partition coefficient (Wildman–Crippen LogP) is 3.05. The Hall–Kier alpha value is -3.92. The molecule has 0 radical (unpaired) electrons. The van der Waals surface area contributed by atoms with Gasteiger partial charge in [0.05, 0.1) is 38.2 Å². The molecule has 9 nitrogen and oxygen atoms in total. The number of rotatable bonds is 7. The molecular formula is C30H28ClN3O6. The van der Waals surface area contributed by atoms with E-state index in [1.807, 2.05) is 12.1 Å². The standard InChI is InChI=1S/C30H28ClN3O6/c1-39-21-12-7-16(15-22(21)40-2)13-14-34-27(36)23-24(28(34)37)30(19-5-3-4-6-20(19)32-29(30)38)33-25(23)26(35)17-8-10-18(31)11-9-17/h3-12,15,23-26,33,35H,13-14H2,1-2H3,(H,32,38)/t23-,24-,25-,26+,30+/m0/s1. The maximum absolute atomic E-state index is 14.0. The molecule has 3 amide bonds. The second kappa shape index (κ2) is 9.92. The van der Waals surface area contributed by atoms with Crippen molar-refractivity contribution in [3.63, 3.8) is 0 Å². The molecule has 0 aromatic heterocycles. The molecule has 3 aliphatic rings. The Morgan fingerprint density at radius 1 is 0.975 bits per heavy atom. The Kier molecular flexibility index (Phi) is 6.53. The number of benzene rings is 3. The zero-order valence-electron chi connectivity index (χ0n) is 21.9. The van der Waals surface area contributed by atoms with Crippen molar-refractivity contribution < 1.29 is 29.0 Å². The van der Waals surface area contributed by atoms with Gasteiger partial charge in [-0.3, -0.25) is 24.6 Å². The molecule has 3 aromatic rings. The normalized spacial score (nSPS) is 25.6. The molecule has 2 fully saturated rings. The van der Waals surface area contributed by atoms with Crippen LogP contribution in [0.25, 0.3) is 0 Å². The second-order valence-corrected chi connectivity index (χ2v) is 10.7. The lowest BCUT2D eigenvalue weighted by Crippen LogP contribution is -2.54. The third-order valence-corrected chi connectivity index (χ3v) is 8.52. The number of amides is 3. The average Bonchev–Trinajstić information content (AvgIpc) is 3.56. The number of imide groups is 1. The molecule has 0 unspecified atom stereocenters. The van der Waals surface area contributed by atoms with Crippen LogP contribution in [-0.4, -0.2) is 54.5 Å². The molecular weight excluding hydrogens is 534 g/mol. The van der Waals surface area contributed by atoms with Crippen molar-refractivity contribution in [1.29, 1.82) is 0 Å². The molecule has 5 atom stereocenters. The number of aliphatic hydroxyl groups excluding tert-OH is 1. The monoisotopic (exact) mass is 561 g/mol. The van der Waals surface area contributed by atoms with Gasteiger partial charge in [-0.1, -0.05) is 48.0 Å². The lowest BCUT2D eigenvalue weighted by molar-refractivity contribution is -0.143. The third kappa shape index (κ3) is 3.88. The number of hydrogen-bond donors (Lipinski definition) is 3. The molecule has 0 bridgehead atoms. The number of fused-ring (bicyclic) bond motifs is 4. The fourth-order valence-electron chi connectivity index (χ4n) is 6.38. The minimum absolute atomic E-state index is 0.114. The van der Waals surface area contributed by atoms with E-state index in [0.29, 0.717) is 39.8 Å². The van der Waals surface area contributed by atoms with Crippen molar-refractivity contribution >= 4 is 35.0 Å². The van der Waals surface area contributed by atoms with Crippen molar-refractivity contribution in [1.82, 2.24) is 10.2 Å². The summed E-state index contributed by atoms with van der Waals surface area (Å²) in [5.74, 6) is -2.15. The number of nitrogens with zero attached hydrogens (tertiary/aromatic N) is 1. The number of anilines is 1. The predicted molar refractivity (Wildman–Crippen MR) is 147 cm³/mol. The van der Waals surface area contributed by atoms with E-state index in [4.69, 9.17) is 21.1 Å². The number of aliphatic hydroxyl groups is 1. The van der Waals surface area contributed by atoms with Gasteiger partial charge in [0, 0.05) is 22.8 Å². The van der Waals surface area contributed by atoms with E-state index in [-0.39, 0.29) is 6.54 Å². The van der Waals surface area contributed by atoms with Crippen LogP contribution in [0.15, 0.2) is 66.7 Å². The Labute approximate surface area is 236 Å². The van der Waals surface area contributed by atoms with Crippen molar-refractivity contribution in [2.75, 3.05) is 26.1 Å².